The minimum absolute atomic E-state index is 0.0781. The van der Waals surface area contributed by atoms with E-state index in [1.165, 1.54) is 0 Å². The van der Waals surface area contributed by atoms with Crippen molar-refractivity contribution in [1.82, 2.24) is 9.55 Å². The summed E-state index contributed by atoms with van der Waals surface area (Å²) in [6.07, 6.45) is 2.51. The van der Waals surface area contributed by atoms with Gasteiger partial charge >= 0.3 is 0 Å². The van der Waals surface area contributed by atoms with Crippen LogP contribution in [0.3, 0.4) is 0 Å². The van der Waals surface area contributed by atoms with E-state index in [2.05, 4.69) is 5.32 Å². The topological polar surface area (TPSA) is 70.0 Å². The molecule has 2 aromatic carbocycles. The number of rotatable bonds is 6. The molecule has 3 aromatic rings. The summed E-state index contributed by atoms with van der Waals surface area (Å²) in [5.74, 6) is 1.36. The summed E-state index contributed by atoms with van der Waals surface area (Å²) in [7, 11) is 1.61. The highest BCUT2D eigenvalue weighted by Crippen LogP contribution is 2.22. The second kappa shape index (κ2) is 7.90. The highest BCUT2D eigenvalue weighted by atomic mass is 16.5. The summed E-state index contributed by atoms with van der Waals surface area (Å²) in [6, 6.07) is 15.0. The highest BCUT2D eigenvalue weighted by Gasteiger charge is 2.19. The molecule has 0 unspecified atom stereocenters. The Morgan fingerprint density at radius 1 is 1.22 bits per heavy atom. The molecule has 0 saturated carbocycles. The van der Waals surface area contributed by atoms with Crippen LogP contribution in [-0.2, 0) is 11.3 Å². The van der Waals surface area contributed by atoms with Crippen molar-refractivity contribution >= 4 is 10.9 Å². The number of fused-ring (bicyclic) bond motifs is 1. The van der Waals surface area contributed by atoms with E-state index in [-0.39, 0.29) is 11.7 Å². The maximum atomic E-state index is 13.3. The standard InChI is InChI=1S/C21H23N3O3/c1-26-19-11-5-4-10-18(19)24-20(14-22-13-15-7-6-12-27-15)23-17-9-3-2-8-16(17)21(24)25/h2-5,8-11,15,22H,6-7,12-14H2,1H3/p+1/t15-/m1/s1. The van der Waals surface area contributed by atoms with Crippen LogP contribution in [0, 0.1) is 0 Å². The van der Waals surface area contributed by atoms with Gasteiger partial charge < -0.3 is 14.8 Å². The third-order valence-corrected chi connectivity index (χ3v) is 4.95. The summed E-state index contributed by atoms with van der Waals surface area (Å²) in [4.78, 5) is 18.1. The van der Waals surface area contributed by atoms with E-state index in [1.54, 1.807) is 11.7 Å². The Morgan fingerprint density at radius 3 is 2.85 bits per heavy atom. The van der Waals surface area contributed by atoms with Crippen molar-refractivity contribution in [3.63, 3.8) is 0 Å². The number of benzene rings is 2. The summed E-state index contributed by atoms with van der Waals surface area (Å²) in [5, 5.41) is 2.77. The molecule has 0 bridgehead atoms. The number of methoxy groups -OCH3 is 1. The number of quaternary nitrogens is 1. The first-order valence-electron chi connectivity index (χ1n) is 9.35. The van der Waals surface area contributed by atoms with E-state index in [0.29, 0.717) is 34.7 Å². The Kier molecular flexibility index (Phi) is 5.18. The minimum atomic E-state index is -0.0781. The first-order chi connectivity index (χ1) is 13.3. The van der Waals surface area contributed by atoms with E-state index < -0.39 is 0 Å². The fraction of sp³-hybridized carbons (Fsp3) is 0.333. The molecule has 140 valence electrons. The molecule has 0 aliphatic carbocycles. The van der Waals surface area contributed by atoms with Crippen molar-refractivity contribution in [2.75, 3.05) is 20.3 Å². The Balaban J connectivity index is 1.76. The van der Waals surface area contributed by atoms with Crippen LogP contribution in [0.25, 0.3) is 16.6 Å². The predicted molar refractivity (Wildman–Crippen MR) is 103 cm³/mol. The van der Waals surface area contributed by atoms with Crippen LogP contribution in [-0.4, -0.2) is 35.9 Å². The molecule has 1 aromatic heterocycles. The van der Waals surface area contributed by atoms with Gasteiger partial charge in [-0.15, -0.1) is 0 Å². The summed E-state index contributed by atoms with van der Waals surface area (Å²) in [5.41, 5.74) is 1.35. The van der Waals surface area contributed by atoms with Crippen LogP contribution < -0.4 is 15.6 Å². The van der Waals surface area contributed by atoms with Gasteiger partial charge in [-0.25, -0.2) is 4.98 Å². The van der Waals surface area contributed by atoms with Gasteiger partial charge in [0.15, 0.2) is 5.82 Å². The van der Waals surface area contributed by atoms with Crippen molar-refractivity contribution in [1.29, 1.82) is 0 Å². The zero-order chi connectivity index (χ0) is 18.6. The zero-order valence-corrected chi connectivity index (χ0v) is 15.4. The Bertz CT molecular complexity index is 993. The average Bonchev–Trinajstić information content (AvgIpc) is 3.22. The van der Waals surface area contributed by atoms with Crippen LogP contribution >= 0.6 is 0 Å². The monoisotopic (exact) mass is 366 g/mol. The highest BCUT2D eigenvalue weighted by molar-refractivity contribution is 5.78. The van der Waals surface area contributed by atoms with Crippen LogP contribution in [0.15, 0.2) is 53.3 Å². The largest absolute Gasteiger partial charge is 0.495 e. The van der Waals surface area contributed by atoms with E-state index in [0.717, 1.165) is 26.0 Å². The van der Waals surface area contributed by atoms with Gasteiger partial charge in [-0.1, -0.05) is 24.3 Å². The molecule has 0 spiro atoms. The number of nitrogens with zero attached hydrogens (tertiary/aromatic N) is 2. The van der Waals surface area contributed by atoms with Crippen LogP contribution in [0.5, 0.6) is 5.75 Å². The lowest BCUT2D eigenvalue weighted by Gasteiger charge is -2.16. The molecule has 6 nitrogen and oxygen atoms in total. The summed E-state index contributed by atoms with van der Waals surface area (Å²) >= 11 is 0. The summed E-state index contributed by atoms with van der Waals surface area (Å²) < 4.78 is 12.9. The Hall–Kier alpha value is -2.70. The van der Waals surface area contributed by atoms with Crippen LogP contribution in [0.2, 0.25) is 0 Å². The molecule has 4 rings (SSSR count). The quantitative estimate of drug-likeness (QED) is 0.720. The van der Waals surface area contributed by atoms with Crippen molar-refractivity contribution in [3.05, 3.63) is 64.7 Å². The molecular formula is C21H24N3O3+. The van der Waals surface area contributed by atoms with Crippen molar-refractivity contribution in [2.45, 2.75) is 25.5 Å². The SMILES string of the molecule is COc1ccccc1-n1c(C[NH2+]C[C@H]2CCCO2)nc2ccccc2c1=O. The third kappa shape index (κ3) is 3.59. The van der Waals surface area contributed by atoms with Gasteiger partial charge in [-0.3, -0.25) is 9.36 Å². The van der Waals surface area contributed by atoms with E-state index >= 15 is 0 Å². The molecule has 0 radical (unpaired) electrons. The van der Waals surface area contributed by atoms with Gasteiger partial charge in [0.25, 0.3) is 5.56 Å². The molecule has 1 aliphatic rings. The number of nitrogens with two attached hydrogens (primary N) is 1. The Labute approximate surface area is 157 Å². The Morgan fingerprint density at radius 2 is 2.04 bits per heavy atom. The number of hydrogen-bond acceptors (Lipinski definition) is 4. The molecule has 1 aliphatic heterocycles. The maximum Gasteiger partial charge on any atom is 0.266 e. The van der Waals surface area contributed by atoms with Gasteiger partial charge in [-0.2, -0.15) is 0 Å². The molecule has 1 fully saturated rings. The van der Waals surface area contributed by atoms with Gasteiger partial charge in [0.05, 0.1) is 23.7 Å². The van der Waals surface area contributed by atoms with E-state index in [4.69, 9.17) is 14.5 Å². The first kappa shape index (κ1) is 17.7. The number of aromatic nitrogens is 2. The predicted octanol–water partition coefficient (Wildman–Crippen LogP) is 1.64. The van der Waals surface area contributed by atoms with Gasteiger partial charge in [0.2, 0.25) is 0 Å². The summed E-state index contributed by atoms with van der Waals surface area (Å²) in [6.45, 7) is 2.31. The lowest BCUT2D eigenvalue weighted by molar-refractivity contribution is -0.677. The fourth-order valence-corrected chi connectivity index (χ4v) is 3.61. The molecule has 0 amide bonds. The average molecular weight is 366 g/mol. The second-order valence-corrected chi connectivity index (χ2v) is 6.72. The smallest absolute Gasteiger partial charge is 0.266 e. The van der Waals surface area contributed by atoms with Gasteiger partial charge in [0.1, 0.15) is 24.9 Å². The zero-order valence-electron chi connectivity index (χ0n) is 15.4. The molecule has 1 saturated heterocycles. The third-order valence-electron chi connectivity index (χ3n) is 4.95. The molecule has 2 heterocycles. The van der Waals surface area contributed by atoms with Crippen LogP contribution in [0.4, 0.5) is 0 Å². The van der Waals surface area contributed by atoms with Gasteiger partial charge in [0, 0.05) is 6.61 Å². The van der Waals surface area contributed by atoms with Crippen molar-refractivity contribution in [2.24, 2.45) is 0 Å². The lowest BCUT2D eigenvalue weighted by atomic mass is 10.2. The van der Waals surface area contributed by atoms with Crippen molar-refractivity contribution in [3.8, 4) is 11.4 Å². The molecular weight excluding hydrogens is 342 g/mol. The van der Waals surface area contributed by atoms with Crippen molar-refractivity contribution < 1.29 is 14.8 Å². The normalized spacial score (nSPS) is 16.7. The number of para-hydroxylation sites is 3. The minimum Gasteiger partial charge on any atom is -0.495 e. The number of hydrogen-bond donors (Lipinski definition) is 1. The maximum absolute atomic E-state index is 13.3. The van der Waals surface area contributed by atoms with E-state index in [1.807, 2.05) is 48.5 Å². The molecule has 1 atom stereocenters. The van der Waals surface area contributed by atoms with Gasteiger partial charge in [-0.05, 0) is 37.1 Å². The molecule has 27 heavy (non-hydrogen) atoms. The molecule has 2 N–H and O–H groups in total. The lowest BCUT2D eigenvalue weighted by Crippen LogP contribution is -2.85. The second-order valence-electron chi connectivity index (χ2n) is 6.72. The number of ether oxygens (including phenoxy) is 2. The fourth-order valence-electron chi connectivity index (χ4n) is 3.61. The first-order valence-corrected chi connectivity index (χ1v) is 9.35. The van der Waals surface area contributed by atoms with E-state index in [9.17, 15) is 4.79 Å². The molecule has 6 heteroatoms. The van der Waals surface area contributed by atoms with Crippen LogP contribution in [0.1, 0.15) is 18.7 Å².